The van der Waals surface area contributed by atoms with E-state index in [0.29, 0.717) is 5.92 Å². The highest BCUT2D eigenvalue weighted by Crippen LogP contribution is 2.44. The molecule has 0 saturated carbocycles. The Labute approximate surface area is 208 Å². The summed E-state index contributed by atoms with van der Waals surface area (Å²) in [5, 5.41) is 5.77. The average molecular weight is 475 g/mol. The summed E-state index contributed by atoms with van der Waals surface area (Å²) in [5.41, 5.74) is 2.59. The van der Waals surface area contributed by atoms with Crippen LogP contribution in [0.1, 0.15) is 58.6 Å². The number of anilines is 4. The lowest BCUT2D eigenvalue weighted by Gasteiger charge is -2.63. The molecule has 0 atom stereocenters. The van der Waals surface area contributed by atoms with Gasteiger partial charge in [0.15, 0.2) is 0 Å². The predicted molar refractivity (Wildman–Crippen MR) is 144 cm³/mol. The number of hydrogen-bond acceptors (Lipinski definition) is 8. The Balaban J connectivity index is 1.45. The van der Waals surface area contributed by atoms with Gasteiger partial charge in [-0.05, 0) is 44.9 Å². The number of aromatic nitrogens is 4. The van der Waals surface area contributed by atoms with E-state index >= 15 is 0 Å². The maximum Gasteiger partial charge on any atom is 0.227 e. The molecule has 0 aromatic carbocycles. The molecular formula is C27H38N8. The summed E-state index contributed by atoms with van der Waals surface area (Å²) in [6.07, 6.45) is 9.43. The lowest BCUT2D eigenvalue weighted by molar-refractivity contribution is 0.0471. The first-order valence-corrected chi connectivity index (χ1v) is 13.0. The molecule has 0 aliphatic carbocycles. The van der Waals surface area contributed by atoms with E-state index in [1.165, 1.54) is 17.5 Å². The van der Waals surface area contributed by atoms with Crippen LogP contribution >= 0.6 is 0 Å². The first kappa shape index (κ1) is 23.7. The van der Waals surface area contributed by atoms with Crippen molar-refractivity contribution in [1.82, 2.24) is 24.8 Å². The van der Waals surface area contributed by atoms with E-state index in [-0.39, 0.29) is 5.54 Å². The lowest BCUT2D eigenvalue weighted by atomic mass is 9.77. The second-order valence-electron chi connectivity index (χ2n) is 10.4. The fraction of sp³-hybridized carbons (Fsp3) is 0.556. The molecule has 186 valence electrons. The Morgan fingerprint density at radius 3 is 2.57 bits per heavy atom. The van der Waals surface area contributed by atoms with Gasteiger partial charge < -0.3 is 20.0 Å². The summed E-state index contributed by atoms with van der Waals surface area (Å²) in [5.74, 6) is 2.61. The molecule has 0 unspecified atom stereocenters. The van der Waals surface area contributed by atoms with E-state index in [1.54, 1.807) is 0 Å². The van der Waals surface area contributed by atoms with Crippen LogP contribution in [0.25, 0.3) is 10.8 Å². The third kappa shape index (κ3) is 4.40. The minimum atomic E-state index is 0.278. The van der Waals surface area contributed by atoms with Gasteiger partial charge in [-0.2, -0.15) is 4.98 Å². The Morgan fingerprint density at radius 1 is 1.09 bits per heavy atom. The van der Waals surface area contributed by atoms with Crippen LogP contribution in [-0.4, -0.2) is 70.1 Å². The minimum Gasteiger partial charge on any atom is -0.361 e. The molecule has 5 rings (SSSR count). The maximum absolute atomic E-state index is 4.93. The molecule has 35 heavy (non-hydrogen) atoms. The Morgan fingerprint density at radius 2 is 1.91 bits per heavy atom. The fourth-order valence-corrected chi connectivity index (χ4v) is 5.54. The smallest absolute Gasteiger partial charge is 0.227 e. The maximum atomic E-state index is 4.93. The van der Waals surface area contributed by atoms with Crippen LogP contribution < -0.4 is 15.1 Å². The second kappa shape index (κ2) is 9.57. The van der Waals surface area contributed by atoms with Gasteiger partial charge in [-0.3, -0.25) is 4.98 Å². The zero-order valence-corrected chi connectivity index (χ0v) is 21.8. The van der Waals surface area contributed by atoms with Crippen LogP contribution in [0.4, 0.5) is 23.3 Å². The first-order chi connectivity index (χ1) is 16.9. The molecule has 0 radical (unpaired) electrons. The topological polar surface area (TPSA) is 73.3 Å². The van der Waals surface area contributed by atoms with Gasteiger partial charge in [-0.15, -0.1) is 0 Å². The number of rotatable bonds is 9. The third-order valence-corrected chi connectivity index (χ3v) is 7.47. The van der Waals surface area contributed by atoms with Crippen LogP contribution in [0.2, 0.25) is 0 Å². The minimum absolute atomic E-state index is 0.278. The largest absolute Gasteiger partial charge is 0.361 e. The number of unbranched alkanes of at least 4 members (excludes halogenated alkanes) is 1. The van der Waals surface area contributed by atoms with Crippen molar-refractivity contribution in [3.8, 4) is 0 Å². The molecule has 3 aromatic heterocycles. The summed E-state index contributed by atoms with van der Waals surface area (Å²) >= 11 is 0. The first-order valence-electron chi connectivity index (χ1n) is 13.0. The van der Waals surface area contributed by atoms with E-state index in [0.717, 1.165) is 74.2 Å². The van der Waals surface area contributed by atoms with Crippen LogP contribution in [0.3, 0.4) is 0 Å². The fourth-order valence-electron chi connectivity index (χ4n) is 5.54. The number of likely N-dealkylation sites (N-methyl/N-ethyl adjacent to an activating group) is 1. The van der Waals surface area contributed by atoms with Gasteiger partial charge in [-0.1, -0.05) is 27.2 Å². The van der Waals surface area contributed by atoms with Gasteiger partial charge in [0.25, 0.3) is 0 Å². The highest BCUT2D eigenvalue weighted by Gasteiger charge is 2.52. The van der Waals surface area contributed by atoms with Gasteiger partial charge in [0.1, 0.15) is 11.6 Å². The van der Waals surface area contributed by atoms with Crippen molar-refractivity contribution in [1.29, 1.82) is 0 Å². The zero-order valence-electron chi connectivity index (χ0n) is 21.8. The molecule has 2 aliphatic rings. The van der Waals surface area contributed by atoms with E-state index in [4.69, 9.17) is 15.0 Å². The van der Waals surface area contributed by atoms with Crippen LogP contribution in [0.5, 0.6) is 0 Å². The molecule has 2 fully saturated rings. The van der Waals surface area contributed by atoms with Crippen molar-refractivity contribution in [2.45, 2.75) is 58.4 Å². The van der Waals surface area contributed by atoms with Crippen molar-refractivity contribution < 1.29 is 0 Å². The van der Waals surface area contributed by atoms with E-state index in [9.17, 15) is 0 Å². The van der Waals surface area contributed by atoms with Crippen molar-refractivity contribution in [3.05, 3.63) is 36.4 Å². The van der Waals surface area contributed by atoms with Crippen molar-refractivity contribution in [2.75, 3.05) is 54.9 Å². The van der Waals surface area contributed by atoms with E-state index < -0.39 is 0 Å². The standard InChI is InChI=1S/C27H38N8/c1-6-8-12-34(7-2)26-28-11-9-23(32-26)31-24-14-20-21(15-29-24)22(16-30-25(20)19(3)4)35-13-10-27(35)17-33(5)18-27/h9,11,14-16,19H,6-8,10,12-13,17-18H2,1-5H3,(H,28,29,31,32). The van der Waals surface area contributed by atoms with Crippen molar-refractivity contribution >= 4 is 34.0 Å². The van der Waals surface area contributed by atoms with Gasteiger partial charge in [0.05, 0.1) is 23.1 Å². The Hall–Kier alpha value is -3.00. The number of likely N-dealkylation sites (tertiary alicyclic amines) is 1. The van der Waals surface area contributed by atoms with E-state index in [2.05, 4.69) is 72.0 Å². The molecule has 1 N–H and O–H groups in total. The molecule has 0 bridgehead atoms. The van der Waals surface area contributed by atoms with Crippen LogP contribution in [0, 0.1) is 0 Å². The number of fused-ring (bicyclic) bond motifs is 1. The number of hydrogen-bond donors (Lipinski definition) is 1. The highest BCUT2D eigenvalue weighted by atomic mass is 15.4. The molecular weight excluding hydrogens is 436 g/mol. The lowest BCUT2D eigenvalue weighted by Crippen LogP contribution is -2.76. The number of nitrogens with one attached hydrogen (secondary N) is 1. The Bertz CT molecular complexity index is 1190. The molecule has 0 amide bonds. The van der Waals surface area contributed by atoms with Gasteiger partial charge >= 0.3 is 0 Å². The van der Waals surface area contributed by atoms with E-state index in [1.807, 2.05) is 18.5 Å². The number of pyridine rings is 2. The van der Waals surface area contributed by atoms with Crippen molar-refractivity contribution in [3.63, 3.8) is 0 Å². The molecule has 2 saturated heterocycles. The summed E-state index contributed by atoms with van der Waals surface area (Å²) in [6, 6.07) is 4.04. The normalized spacial score (nSPS) is 17.0. The van der Waals surface area contributed by atoms with Gasteiger partial charge in [0.2, 0.25) is 5.95 Å². The second-order valence-corrected chi connectivity index (χ2v) is 10.4. The summed E-state index contributed by atoms with van der Waals surface area (Å²) in [7, 11) is 2.20. The molecule has 8 heteroatoms. The summed E-state index contributed by atoms with van der Waals surface area (Å²) in [4.78, 5) is 26.2. The molecule has 1 spiro atoms. The molecule has 8 nitrogen and oxygen atoms in total. The third-order valence-electron chi connectivity index (χ3n) is 7.47. The number of nitrogens with zero attached hydrogens (tertiary/aromatic N) is 7. The Kier molecular flexibility index (Phi) is 6.49. The van der Waals surface area contributed by atoms with Crippen LogP contribution in [0.15, 0.2) is 30.7 Å². The van der Waals surface area contributed by atoms with Crippen molar-refractivity contribution in [2.24, 2.45) is 0 Å². The monoisotopic (exact) mass is 474 g/mol. The zero-order chi connectivity index (χ0) is 24.6. The highest BCUT2D eigenvalue weighted by molar-refractivity contribution is 5.97. The molecule has 5 heterocycles. The SMILES string of the molecule is CCCCN(CC)c1nccc(Nc2cc3c(C(C)C)ncc(N4CCC45CN(C)C5)c3cn2)n1. The summed E-state index contributed by atoms with van der Waals surface area (Å²) in [6.45, 7) is 13.9. The average Bonchev–Trinajstić information content (AvgIpc) is 2.82. The van der Waals surface area contributed by atoms with Crippen LogP contribution in [-0.2, 0) is 0 Å². The molecule has 3 aromatic rings. The summed E-state index contributed by atoms with van der Waals surface area (Å²) < 4.78 is 0. The predicted octanol–water partition coefficient (Wildman–Crippen LogP) is 4.81. The van der Waals surface area contributed by atoms with Gasteiger partial charge in [-0.25, -0.2) is 9.97 Å². The van der Waals surface area contributed by atoms with Gasteiger partial charge in [0, 0.05) is 55.9 Å². The quantitative estimate of drug-likeness (QED) is 0.474. The molecule has 2 aliphatic heterocycles.